The van der Waals surface area contributed by atoms with Crippen molar-refractivity contribution in [3.63, 3.8) is 0 Å². The summed E-state index contributed by atoms with van der Waals surface area (Å²) >= 11 is 7.58. The smallest absolute Gasteiger partial charge is 0.319 e. The van der Waals surface area contributed by atoms with Crippen LogP contribution >= 0.6 is 22.9 Å². The predicted molar refractivity (Wildman–Crippen MR) is 150 cm³/mol. The van der Waals surface area contributed by atoms with E-state index in [0.29, 0.717) is 17.6 Å². The van der Waals surface area contributed by atoms with Gasteiger partial charge in [0.25, 0.3) is 0 Å². The maximum atomic E-state index is 16.3. The normalized spacial score (nSPS) is 15.6. The topological polar surface area (TPSA) is 118 Å². The minimum absolute atomic E-state index is 0.00486. The second kappa shape index (κ2) is 11.2. The van der Waals surface area contributed by atoms with Crippen molar-refractivity contribution in [2.24, 2.45) is 0 Å². The van der Waals surface area contributed by atoms with E-state index in [1.165, 1.54) is 18.2 Å². The molecule has 39 heavy (non-hydrogen) atoms. The Balaban J connectivity index is 1.58. The zero-order chi connectivity index (χ0) is 27.7. The third-order valence-electron chi connectivity index (χ3n) is 6.62. The Kier molecular flexibility index (Phi) is 7.78. The number of halogens is 3. The third kappa shape index (κ3) is 5.45. The van der Waals surface area contributed by atoms with Crippen LogP contribution in [0, 0.1) is 11.6 Å². The Bertz CT molecular complexity index is 1580. The number of likely N-dealkylation sites (tertiary alicyclic amines) is 1. The number of amides is 1. The fourth-order valence-corrected chi connectivity index (χ4v) is 5.67. The number of carbonyl (C=O) groups is 1. The first-order valence-electron chi connectivity index (χ1n) is 12.3. The molecule has 1 saturated heterocycles. The molecule has 1 atom stereocenters. The highest BCUT2D eigenvalue weighted by Crippen LogP contribution is 2.42. The number of fused-ring (bicyclic) bond motifs is 2. The molecule has 204 valence electrons. The van der Waals surface area contributed by atoms with Crippen molar-refractivity contribution in [1.82, 2.24) is 25.2 Å². The first-order chi connectivity index (χ1) is 18.8. The Morgan fingerprint density at radius 2 is 2.13 bits per heavy atom. The zero-order valence-electron chi connectivity index (χ0n) is 21.1. The molecular formula is C26H26ClF2N7O2S. The van der Waals surface area contributed by atoms with E-state index in [1.807, 2.05) is 7.05 Å². The number of nitrogen functional groups attached to an aromatic ring is 1. The zero-order valence-corrected chi connectivity index (χ0v) is 22.6. The summed E-state index contributed by atoms with van der Waals surface area (Å²) in [5, 5.41) is 6.30. The summed E-state index contributed by atoms with van der Waals surface area (Å²) in [7, 11) is 2.02. The first kappa shape index (κ1) is 27.0. The van der Waals surface area contributed by atoms with E-state index in [9.17, 15) is 9.18 Å². The molecule has 13 heteroatoms. The lowest BCUT2D eigenvalue weighted by Gasteiger charge is -2.19. The van der Waals surface area contributed by atoms with Gasteiger partial charge in [-0.2, -0.15) is 9.97 Å². The Hall–Kier alpha value is -3.61. The summed E-state index contributed by atoms with van der Waals surface area (Å²) in [5.41, 5.74) is 6.32. The first-order valence-corrected chi connectivity index (χ1v) is 13.5. The quantitative estimate of drug-likeness (QED) is 0.196. The van der Waals surface area contributed by atoms with Crippen molar-refractivity contribution in [3.8, 4) is 17.1 Å². The summed E-state index contributed by atoms with van der Waals surface area (Å²) in [6.07, 6.45) is 3.21. The van der Waals surface area contributed by atoms with Crippen molar-refractivity contribution in [2.75, 3.05) is 44.3 Å². The molecule has 0 bridgehead atoms. The number of thiazole rings is 1. The molecular weight excluding hydrogens is 548 g/mol. The van der Waals surface area contributed by atoms with Crippen LogP contribution in [0.15, 0.2) is 30.9 Å². The molecule has 1 aliphatic heterocycles. The molecule has 2 aromatic heterocycles. The second-order valence-corrected chi connectivity index (χ2v) is 10.6. The van der Waals surface area contributed by atoms with Crippen molar-refractivity contribution < 1.29 is 18.3 Å². The van der Waals surface area contributed by atoms with E-state index in [1.54, 1.807) is 6.07 Å². The van der Waals surface area contributed by atoms with Crippen LogP contribution in [0.4, 0.5) is 19.7 Å². The summed E-state index contributed by atoms with van der Waals surface area (Å²) < 4.78 is 36.8. The number of hydrogen-bond donors (Lipinski definition) is 3. The average molecular weight is 574 g/mol. The molecule has 0 saturated carbocycles. The van der Waals surface area contributed by atoms with Crippen LogP contribution < -0.4 is 21.1 Å². The van der Waals surface area contributed by atoms with Crippen LogP contribution in [0.2, 0.25) is 5.02 Å². The molecule has 2 aromatic carbocycles. The van der Waals surface area contributed by atoms with Crippen LogP contribution in [0.25, 0.3) is 32.2 Å². The van der Waals surface area contributed by atoms with Gasteiger partial charge in [-0.05, 0) is 50.7 Å². The van der Waals surface area contributed by atoms with E-state index in [0.717, 1.165) is 30.7 Å². The SMILES string of the molecule is C=CC(=O)NCCNc1nc(OCC2CCCN2C)nc2c(F)c(-c3ccc(F)c4sc(N)nc34)c(Cl)cc12. The van der Waals surface area contributed by atoms with E-state index >= 15 is 4.39 Å². The average Bonchev–Trinajstić information content (AvgIpc) is 3.52. The van der Waals surface area contributed by atoms with Gasteiger partial charge >= 0.3 is 6.01 Å². The monoisotopic (exact) mass is 573 g/mol. The van der Waals surface area contributed by atoms with Crippen LogP contribution in [0.5, 0.6) is 6.01 Å². The van der Waals surface area contributed by atoms with Gasteiger partial charge in [-0.25, -0.2) is 13.8 Å². The van der Waals surface area contributed by atoms with E-state index in [2.05, 4.69) is 37.1 Å². The number of anilines is 2. The minimum Gasteiger partial charge on any atom is -0.462 e. The highest BCUT2D eigenvalue weighted by atomic mass is 35.5. The molecule has 1 unspecified atom stereocenters. The van der Waals surface area contributed by atoms with Gasteiger partial charge in [-0.1, -0.05) is 29.5 Å². The number of nitrogens with one attached hydrogen (secondary N) is 2. The van der Waals surface area contributed by atoms with Crippen molar-refractivity contribution in [2.45, 2.75) is 18.9 Å². The van der Waals surface area contributed by atoms with Crippen LogP contribution in [0.1, 0.15) is 12.8 Å². The largest absolute Gasteiger partial charge is 0.462 e. The summed E-state index contributed by atoms with van der Waals surface area (Å²) in [4.78, 5) is 26.8. The summed E-state index contributed by atoms with van der Waals surface area (Å²) in [5.74, 6) is -1.27. The lowest BCUT2D eigenvalue weighted by molar-refractivity contribution is -0.116. The van der Waals surface area contributed by atoms with Gasteiger partial charge in [-0.3, -0.25) is 4.79 Å². The molecule has 3 heterocycles. The van der Waals surface area contributed by atoms with Crippen LogP contribution in [-0.2, 0) is 4.79 Å². The number of benzene rings is 2. The Labute approximate surface area is 232 Å². The molecule has 0 spiro atoms. The maximum absolute atomic E-state index is 16.3. The Morgan fingerprint density at radius 1 is 1.31 bits per heavy atom. The van der Waals surface area contributed by atoms with Gasteiger partial charge in [0.05, 0.1) is 15.2 Å². The van der Waals surface area contributed by atoms with Crippen molar-refractivity contribution >= 4 is 60.9 Å². The highest BCUT2D eigenvalue weighted by Gasteiger charge is 2.25. The standard InChI is InChI=1S/C26H26ClF2N7O2S/c1-3-18(37)31-8-9-32-24-15-11-16(27)19(14-6-7-17(28)23-22(14)33-25(30)39-23)20(29)21(15)34-26(35-24)38-12-13-5-4-10-36(13)2/h3,6-7,11,13H,1,4-5,8-10,12H2,2H3,(H2,30,33)(H,31,37)(H,32,34,35). The molecule has 1 aliphatic rings. The van der Waals surface area contributed by atoms with Gasteiger partial charge in [0.1, 0.15) is 23.8 Å². The van der Waals surface area contributed by atoms with Gasteiger partial charge in [0.2, 0.25) is 5.91 Å². The fourth-order valence-electron chi connectivity index (χ4n) is 4.61. The molecule has 9 nitrogen and oxygen atoms in total. The number of ether oxygens (including phenoxy) is 1. The van der Waals surface area contributed by atoms with E-state index < -0.39 is 11.6 Å². The fraction of sp³-hybridized carbons (Fsp3) is 0.308. The summed E-state index contributed by atoms with van der Waals surface area (Å²) in [6.45, 7) is 5.30. The third-order valence-corrected chi connectivity index (χ3v) is 7.81. The molecule has 4 N–H and O–H groups in total. The number of aromatic nitrogens is 3. The summed E-state index contributed by atoms with van der Waals surface area (Å²) in [6, 6.07) is 4.38. The van der Waals surface area contributed by atoms with Crippen LogP contribution in [0.3, 0.4) is 0 Å². The lowest BCUT2D eigenvalue weighted by atomic mass is 10.0. The maximum Gasteiger partial charge on any atom is 0.319 e. The molecule has 1 amide bonds. The van der Waals surface area contributed by atoms with Crippen molar-refractivity contribution in [1.29, 1.82) is 0 Å². The van der Waals surface area contributed by atoms with Gasteiger partial charge in [-0.15, -0.1) is 0 Å². The molecule has 0 aliphatic carbocycles. The lowest BCUT2D eigenvalue weighted by Crippen LogP contribution is -2.31. The van der Waals surface area contributed by atoms with Crippen molar-refractivity contribution in [3.05, 3.63) is 47.5 Å². The minimum atomic E-state index is -0.731. The van der Waals surface area contributed by atoms with Gasteiger partial charge in [0, 0.05) is 35.6 Å². The number of hydrogen-bond acceptors (Lipinski definition) is 9. The number of nitrogens with zero attached hydrogens (tertiary/aromatic N) is 4. The molecule has 4 aromatic rings. The number of likely N-dealkylation sites (N-methyl/N-ethyl adjacent to an activating group) is 1. The molecule has 0 radical (unpaired) electrons. The van der Waals surface area contributed by atoms with E-state index in [-0.39, 0.29) is 68.3 Å². The number of rotatable bonds is 9. The molecule has 5 rings (SSSR count). The van der Waals surface area contributed by atoms with Gasteiger partial charge < -0.3 is 26.0 Å². The predicted octanol–water partition coefficient (Wildman–Crippen LogP) is 4.61. The highest BCUT2D eigenvalue weighted by molar-refractivity contribution is 7.22. The van der Waals surface area contributed by atoms with E-state index in [4.69, 9.17) is 22.1 Å². The van der Waals surface area contributed by atoms with Crippen LogP contribution in [-0.4, -0.2) is 65.1 Å². The Morgan fingerprint density at radius 3 is 2.87 bits per heavy atom. The second-order valence-electron chi connectivity index (χ2n) is 9.13. The number of nitrogens with two attached hydrogens (primary N) is 1. The van der Waals surface area contributed by atoms with Gasteiger partial charge in [0.15, 0.2) is 10.9 Å². The number of carbonyl (C=O) groups excluding carboxylic acids is 1. The molecule has 1 fully saturated rings.